The molecule has 6 heteroatoms. The summed E-state index contributed by atoms with van der Waals surface area (Å²) in [5.74, 6) is 2.05. The zero-order valence-corrected chi connectivity index (χ0v) is 14.7. The zero-order valence-electron chi connectivity index (χ0n) is 13.9. The van der Waals surface area contributed by atoms with Crippen molar-refractivity contribution in [2.24, 2.45) is 11.7 Å². The van der Waals surface area contributed by atoms with Gasteiger partial charge in [-0.05, 0) is 56.9 Å². The van der Waals surface area contributed by atoms with Crippen LogP contribution in [0.1, 0.15) is 26.7 Å². The Kier molecular flexibility index (Phi) is 8.20. The summed E-state index contributed by atoms with van der Waals surface area (Å²) in [5, 5.41) is 0. The maximum Gasteiger partial charge on any atom is 0.260 e. The summed E-state index contributed by atoms with van der Waals surface area (Å²) in [6.45, 7) is 6.25. The second-order valence-electron chi connectivity index (χ2n) is 5.77. The molecule has 1 aliphatic heterocycles. The van der Waals surface area contributed by atoms with Crippen molar-refractivity contribution in [3.8, 4) is 11.5 Å². The van der Waals surface area contributed by atoms with Crippen molar-refractivity contribution in [3.63, 3.8) is 0 Å². The molecule has 0 bridgehead atoms. The van der Waals surface area contributed by atoms with Gasteiger partial charge in [0.25, 0.3) is 5.91 Å². The van der Waals surface area contributed by atoms with Gasteiger partial charge in [0.1, 0.15) is 11.5 Å². The first-order valence-electron chi connectivity index (χ1n) is 7.99. The van der Waals surface area contributed by atoms with Crippen LogP contribution in [0.3, 0.4) is 0 Å². The van der Waals surface area contributed by atoms with Gasteiger partial charge >= 0.3 is 0 Å². The van der Waals surface area contributed by atoms with Crippen LogP contribution in [0.2, 0.25) is 0 Å². The number of hydrogen-bond acceptors (Lipinski definition) is 4. The lowest BCUT2D eigenvalue weighted by atomic mass is 9.91. The maximum atomic E-state index is 12.2. The van der Waals surface area contributed by atoms with Crippen molar-refractivity contribution in [1.29, 1.82) is 0 Å². The van der Waals surface area contributed by atoms with Gasteiger partial charge < -0.3 is 20.1 Å². The van der Waals surface area contributed by atoms with Crippen LogP contribution in [-0.4, -0.2) is 43.2 Å². The number of benzene rings is 1. The van der Waals surface area contributed by atoms with Crippen molar-refractivity contribution in [1.82, 2.24) is 4.90 Å². The minimum atomic E-state index is 0. The first-order chi connectivity index (χ1) is 10.6. The Bertz CT molecular complexity index is 471. The first kappa shape index (κ1) is 19.6. The van der Waals surface area contributed by atoms with Gasteiger partial charge in [-0.2, -0.15) is 0 Å². The molecular formula is C17H27ClN2O3. The van der Waals surface area contributed by atoms with Crippen LogP contribution in [0, 0.1) is 5.92 Å². The summed E-state index contributed by atoms with van der Waals surface area (Å²) in [6, 6.07) is 7.54. The van der Waals surface area contributed by atoms with E-state index in [2.05, 4.69) is 0 Å². The number of nitrogens with zero attached hydrogens (tertiary/aromatic N) is 1. The third kappa shape index (κ3) is 5.92. The Morgan fingerprint density at radius 2 is 1.74 bits per heavy atom. The summed E-state index contributed by atoms with van der Waals surface area (Å²) >= 11 is 0. The third-order valence-electron chi connectivity index (χ3n) is 4.13. The molecule has 0 aromatic heterocycles. The molecule has 1 heterocycles. The molecule has 0 radical (unpaired) electrons. The van der Waals surface area contributed by atoms with E-state index in [-0.39, 0.29) is 31.0 Å². The normalized spacial score (nSPS) is 16.4. The molecule has 5 nitrogen and oxygen atoms in total. The lowest BCUT2D eigenvalue weighted by molar-refractivity contribution is -0.134. The number of carbonyl (C=O) groups is 1. The van der Waals surface area contributed by atoms with Crippen LogP contribution in [0.4, 0.5) is 0 Å². The Morgan fingerprint density at radius 1 is 1.22 bits per heavy atom. The topological polar surface area (TPSA) is 64.8 Å². The molecule has 1 atom stereocenters. The van der Waals surface area contributed by atoms with Crippen LogP contribution in [-0.2, 0) is 4.79 Å². The van der Waals surface area contributed by atoms with Crippen molar-refractivity contribution in [2.45, 2.75) is 32.7 Å². The first-order valence-corrected chi connectivity index (χ1v) is 7.99. The number of rotatable bonds is 6. The van der Waals surface area contributed by atoms with Gasteiger partial charge in [-0.15, -0.1) is 12.4 Å². The average Bonchev–Trinajstić information content (AvgIpc) is 2.54. The summed E-state index contributed by atoms with van der Waals surface area (Å²) in [5.41, 5.74) is 5.92. The third-order valence-corrected chi connectivity index (χ3v) is 4.13. The van der Waals surface area contributed by atoms with Gasteiger partial charge in [0.15, 0.2) is 6.61 Å². The summed E-state index contributed by atoms with van der Waals surface area (Å²) < 4.78 is 10.9. The van der Waals surface area contributed by atoms with Gasteiger partial charge in [-0.1, -0.05) is 0 Å². The molecular weight excluding hydrogens is 316 g/mol. The molecule has 2 rings (SSSR count). The van der Waals surface area contributed by atoms with Crippen molar-refractivity contribution < 1.29 is 14.3 Å². The molecule has 0 spiro atoms. The van der Waals surface area contributed by atoms with E-state index >= 15 is 0 Å². The van der Waals surface area contributed by atoms with E-state index in [0.717, 1.165) is 31.7 Å². The van der Waals surface area contributed by atoms with Crippen LogP contribution >= 0.6 is 12.4 Å². The highest BCUT2D eigenvalue weighted by Crippen LogP contribution is 2.20. The molecule has 0 aliphatic carbocycles. The fourth-order valence-electron chi connectivity index (χ4n) is 2.71. The average molecular weight is 343 g/mol. The molecule has 1 amide bonds. The van der Waals surface area contributed by atoms with Gasteiger partial charge in [-0.25, -0.2) is 0 Å². The predicted octanol–water partition coefficient (Wildman–Crippen LogP) is 2.47. The number of hydrogen-bond donors (Lipinski definition) is 1. The van der Waals surface area contributed by atoms with E-state index in [0.29, 0.717) is 18.3 Å². The predicted molar refractivity (Wildman–Crippen MR) is 93.3 cm³/mol. The number of amides is 1. The number of likely N-dealkylation sites (tertiary alicyclic amines) is 1. The monoisotopic (exact) mass is 342 g/mol. The molecule has 23 heavy (non-hydrogen) atoms. The minimum Gasteiger partial charge on any atom is -0.494 e. The molecule has 1 fully saturated rings. The van der Waals surface area contributed by atoms with E-state index in [1.807, 2.05) is 43.0 Å². The van der Waals surface area contributed by atoms with Gasteiger partial charge in [0, 0.05) is 19.1 Å². The standard InChI is InChI=1S/C17H26N2O3.ClH/c1-3-21-15-4-6-16(7-5-15)22-12-17(20)19-10-8-14(9-11-19)13(2)18;/h4-7,13-14H,3,8-12,18H2,1-2H3;1H. The number of nitrogens with two attached hydrogens (primary N) is 1. The van der Waals surface area contributed by atoms with E-state index in [1.165, 1.54) is 0 Å². The van der Waals surface area contributed by atoms with Crippen molar-refractivity contribution in [3.05, 3.63) is 24.3 Å². The van der Waals surface area contributed by atoms with Gasteiger partial charge in [0.05, 0.1) is 6.61 Å². The number of ether oxygens (including phenoxy) is 2. The highest BCUT2D eigenvalue weighted by atomic mass is 35.5. The van der Waals surface area contributed by atoms with E-state index < -0.39 is 0 Å². The quantitative estimate of drug-likeness (QED) is 0.862. The molecule has 130 valence electrons. The van der Waals surface area contributed by atoms with Crippen molar-refractivity contribution in [2.75, 3.05) is 26.3 Å². The SMILES string of the molecule is CCOc1ccc(OCC(=O)N2CCC(C(C)N)CC2)cc1.Cl. The van der Waals surface area contributed by atoms with Crippen molar-refractivity contribution >= 4 is 18.3 Å². The fraction of sp³-hybridized carbons (Fsp3) is 0.588. The molecule has 0 saturated carbocycles. The largest absolute Gasteiger partial charge is 0.494 e. The molecule has 1 aromatic carbocycles. The Hall–Kier alpha value is -1.46. The van der Waals surface area contributed by atoms with E-state index in [4.69, 9.17) is 15.2 Å². The Morgan fingerprint density at radius 3 is 2.22 bits per heavy atom. The van der Waals surface area contributed by atoms with Crippen LogP contribution in [0.15, 0.2) is 24.3 Å². The summed E-state index contributed by atoms with van der Waals surface area (Å²) in [6.07, 6.45) is 1.96. The summed E-state index contributed by atoms with van der Waals surface area (Å²) in [7, 11) is 0. The number of halogens is 1. The van der Waals surface area contributed by atoms with Crippen LogP contribution in [0.25, 0.3) is 0 Å². The second kappa shape index (κ2) is 9.63. The lowest BCUT2D eigenvalue weighted by Crippen LogP contribution is -2.44. The van der Waals surface area contributed by atoms with Gasteiger partial charge in [-0.3, -0.25) is 4.79 Å². The molecule has 1 aromatic rings. The molecule has 1 aliphatic rings. The Labute approximate surface area is 144 Å². The van der Waals surface area contributed by atoms with E-state index in [1.54, 1.807) is 0 Å². The van der Waals surface area contributed by atoms with Gasteiger partial charge in [0.2, 0.25) is 0 Å². The maximum absolute atomic E-state index is 12.2. The molecule has 1 saturated heterocycles. The smallest absolute Gasteiger partial charge is 0.260 e. The second-order valence-corrected chi connectivity index (χ2v) is 5.77. The molecule has 2 N–H and O–H groups in total. The fourth-order valence-corrected chi connectivity index (χ4v) is 2.71. The molecule has 1 unspecified atom stereocenters. The number of piperidine rings is 1. The van der Waals surface area contributed by atoms with E-state index in [9.17, 15) is 4.79 Å². The number of carbonyl (C=O) groups excluding carboxylic acids is 1. The highest BCUT2D eigenvalue weighted by molar-refractivity contribution is 5.85. The lowest BCUT2D eigenvalue weighted by Gasteiger charge is -2.33. The summed E-state index contributed by atoms with van der Waals surface area (Å²) in [4.78, 5) is 14.0. The van der Waals surface area contributed by atoms with Crippen LogP contribution in [0.5, 0.6) is 11.5 Å². The Balaban J connectivity index is 0.00000264. The van der Waals surface area contributed by atoms with Crippen LogP contribution < -0.4 is 15.2 Å². The minimum absolute atomic E-state index is 0. The zero-order chi connectivity index (χ0) is 15.9. The highest BCUT2D eigenvalue weighted by Gasteiger charge is 2.24.